The standard InChI is InChI=1S/C17H24O2/c1-16(2,3)11-9-12-14(18)7-8-19-15(12)13(10-11)17(4,5)6/h9-10H,7-8H2,1-6H3. The minimum absolute atomic E-state index is 0.0248. The molecule has 1 aromatic carbocycles. The normalized spacial score (nSPS) is 16.0. The predicted octanol–water partition coefficient (Wildman–Crippen LogP) is 4.25. The van der Waals surface area contributed by atoms with E-state index in [4.69, 9.17) is 4.74 Å². The molecule has 0 unspecified atom stereocenters. The van der Waals surface area contributed by atoms with Crippen molar-refractivity contribution in [2.75, 3.05) is 6.61 Å². The Balaban J connectivity index is 2.72. The fourth-order valence-electron chi connectivity index (χ4n) is 2.36. The lowest BCUT2D eigenvalue weighted by atomic mass is 9.78. The van der Waals surface area contributed by atoms with Gasteiger partial charge < -0.3 is 4.74 Å². The van der Waals surface area contributed by atoms with Crippen LogP contribution < -0.4 is 4.74 Å². The molecule has 0 aliphatic carbocycles. The number of rotatable bonds is 0. The number of benzene rings is 1. The lowest BCUT2D eigenvalue weighted by Crippen LogP contribution is -2.24. The summed E-state index contributed by atoms with van der Waals surface area (Å²) in [5.74, 6) is 1.01. The second-order valence-electron chi connectivity index (χ2n) is 7.42. The number of ketones is 1. The largest absolute Gasteiger partial charge is 0.492 e. The van der Waals surface area contributed by atoms with E-state index >= 15 is 0 Å². The zero-order valence-electron chi connectivity index (χ0n) is 12.9. The van der Waals surface area contributed by atoms with Gasteiger partial charge in [0.1, 0.15) is 5.75 Å². The third-order valence-corrected chi connectivity index (χ3v) is 3.64. The van der Waals surface area contributed by atoms with E-state index in [1.807, 2.05) is 6.07 Å². The molecule has 104 valence electrons. The Hall–Kier alpha value is -1.31. The maximum absolute atomic E-state index is 12.2. The summed E-state index contributed by atoms with van der Waals surface area (Å²) in [5.41, 5.74) is 3.12. The Labute approximate surface area is 116 Å². The highest BCUT2D eigenvalue weighted by Crippen LogP contribution is 2.40. The predicted molar refractivity (Wildman–Crippen MR) is 78.3 cm³/mol. The highest BCUT2D eigenvalue weighted by molar-refractivity contribution is 6.00. The van der Waals surface area contributed by atoms with Gasteiger partial charge in [-0.2, -0.15) is 0 Å². The molecule has 0 amide bonds. The lowest BCUT2D eigenvalue weighted by Gasteiger charge is -2.30. The van der Waals surface area contributed by atoms with Crippen LogP contribution in [0.15, 0.2) is 12.1 Å². The number of carbonyl (C=O) groups excluding carboxylic acids is 1. The molecule has 0 radical (unpaired) electrons. The van der Waals surface area contributed by atoms with Crippen LogP contribution >= 0.6 is 0 Å². The third-order valence-electron chi connectivity index (χ3n) is 3.64. The van der Waals surface area contributed by atoms with Crippen molar-refractivity contribution in [1.82, 2.24) is 0 Å². The van der Waals surface area contributed by atoms with Crippen LogP contribution in [0, 0.1) is 0 Å². The van der Waals surface area contributed by atoms with Gasteiger partial charge in [-0.1, -0.05) is 47.6 Å². The number of carbonyl (C=O) groups is 1. The van der Waals surface area contributed by atoms with Gasteiger partial charge in [-0.25, -0.2) is 0 Å². The molecule has 1 heterocycles. The first kappa shape index (κ1) is 14.1. The first-order valence-electron chi connectivity index (χ1n) is 6.96. The highest BCUT2D eigenvalue weighted by Gasteiger charge is 2.30. The summed E-state index contributed by atoms with van der Waals surface area (Å²) < 4.78 is 5.80. The Bertz CT molecular complexity index is 513. The molecular formula is C17H24O2. The van der Waals surface area contributed by atoms with Gasteiger partial charge >= 0.3 is 0 Å². The molecule has 0 spiro atoms. The molecule has 19 heavy (non-hydrogen) atoms. The van der Waals surface area contributed by atoms with Gasteiger partial charge in [-0.3, -0.25) is 4.79 Å². The van der Waals surface area contributed by atoms with Crippen LogP contribution in [0.25, 0.3) is 0 Å². The monoisotopic (exact) mass is 260 g/mol. The van der Waals surface area contributed by atoms with Crippen LogP contribution in [0.5, 0.6) is 5.75 Å². The van der Waals surface area contributed by atoms with Gasteiger partial charge in [0.15, 0.2) is 5.78 Å². The first-order chi connectivity index (χ1) is 8.60. The van der Waals surface area contributed by atoms with Crippen molar-refractivity contribution in [3.8, 4) is 5.75 Å². The number of ether oxygens (including phenoxy) is 1. The molecular weight excluding hydrogens is 236 g/mol. The van der Waals surface area contributed by atoms with Crippen LogP contribution in [-0.2, 0) is 10.8 Å². The van der Waals surface area contributed by atoms with E-state index in [9.17, 15) is 4.79 Å². The summed E-state index contributed by atoms with van der Waals surface area (Å²) in [6.07, 6.45) is 0.490. The van der Waals surface area contributed by atoms with Gasteiger partial charge in [0.25, 0.3) is 0 Å². The maximum atomic E-state index is 12.2. The molecule has 1 aromatic rings. The smallest absolute Gasteiger partial charge is 0.170 e. The summed E-state index contributed by atoms with van der Waals surface area (Å²) in [6.45, 7) is 13.5. The second kappa shape index (κ2) is 4.36. The average molecular weight is 260 g/mol. The topological polar surface area (TPSA) is 26.3 Å². The van der Waals surface area contributed by atoms with Crippen molar-refractivity contribution in [3.05, 3.63) is 28.8 Å². The minimum atomic E-state index is -0.0248. The van der Waals surface area contributed by atoms with Crippen molar-refractivity contribution in [1.29, 1.82) is 0 Å². The van der Waals surface area contributed by atoms with Crippen LogP contribution in [0.4, 0.5) is 0 Å². The van der Waals surface area contributed by atoms with E-state index in [0.29, 0.717) is 13.0 Å². The summed E-state index contributed by atoms with van der Waals surface area (Å²) in [5, 5.41) is 0. The molecule has 1 aliphatic heterocycles. The summed E-state index contributed by atoms with van der Waals surface area (Å²) in [4.78, 5) is 12.2. The molecule has 0 saturated carbocycles. The molecule has 0 saturated heterocycles. The summed E-state index contributed by atoms with van der Waals surface area (Å²) in [7, 11) is 0. The number of fused-ring (bicyclic) bond motifs is 1. The van der Waals surface area contributed by atoms with Crippen molar-refractivity contribution in [3.63, 3.8) is 0 Å². The van der Waals surface area contributed by atoms with E-state index < -0.39 is 0 Å². The molecule has 0 atom stereocenters. The van der Waals surface area contributed by atoms with Crippen LogP contribution in [0.2, 0.25) is 0 Å². The maximum Gasteiger partial charge on any atom is 0.170 e. The Morgan fingerprint density at radius 1 is 1.00 bits per heavy atom. The van der Waals surface area contributed by atoms with Gasteiger partial charge in [0, 0.05) is 12.0 Å². The van der Waals surface area contributed by atoms with Gasteiger partial charge in [0.05, 0.1) is 12.2 Å². The third kappa shape index (κ3) is 2.68. The summed E-state index contributed by atoms with van der Waals surface area (Å²) >= 11 is 0. The molecule has 0 bridgehead atoms. The zero-order valence-corrected chi connectivity index (χ0v) is 12.9. The fraction of sp³-hybridized carbons (Fsp3) is 0.588. The van der Waals surface area contributed by atoms with Crippen LogP contribution in [0.1, 0.15) is 69.4 Å². The molecule has 2 rings (SSSR count). The molecule has 0 aromatic heterocycles. The van der Waals surface area contributed by atoms with Crippen LogP contribution in [-0.4, -0.2) is 12.4 Å². The van der Waals surface area contributed by atoms with E-state index in [2.05, 4.69) is 47.6 Å². The van der Waals surface area contributed by atoms with Crippen molar-refractivity contribution in [2.24, 2.45) is 0 Å². The molecule has 1 aliphatic rings. The molecule has 2 heteroatoms. The van der Waals surface area contributed by atoms with E-state index in [1.54, 1.807) is 0 Å². The quantitative estimate of drug-likeness (QED) is 0.697. The number of hydrogen-bond acceptors (Lipinski definition) is 2. The SMILES string of the molecule is CC(C)(C)c1cc2c(c(C(C)(C)C)c1)OCCC2=O. The zero-order chi connectivity index (χ0) is 14.4. The van der Waals surface area contributed by atoms with E-state index in [1.165, 1.54) is 5.56 Å². The molecule has 0 fully saturated rings. The highest BCUT2D eigenvalue weighted by atomic mass is 16.5. The first-order valence-corrected chi connectivity index (χ1v) is 6.96. The van der Waals surface area contributed by atoms with Gasteiger partial charge in [-0.05, 0) is 22.5 Å². The Morgan fingerprint density at radius 2 is 1.63 bits per heavy atom. The van der Waals surface area contributed by atoms with E-state index in [0.717, 1.165) is 16.9 Å². The lowest BCUT2D eigenvalue weighted by molar-refractivity contribution is 0.0931. The van der Waals surface area contributed by atoms with Crippen molar-refractivity contribution >= 4 is 5.78 Å². The minimum Gasteiger partial charge on any atom is -0.492 e. The van der Waals surface area contributed by atoms with Crippen molar-refractivity contribution in [2.45, 2.75) is 58.8 Å². The second-order valence-corrected chi connectivity index (χ2v) is 7.42. The average Bonchev–Trinajstić information content (AvgIpc) is 2.25. The van der Waals surface area contributed by atoms with Gasteiger partial charge in [0.2, 0.25) is 0 Å². The van der Waals surface area contributed by atoms with Gasteiger partial charge in [-0.15, -0.1) is 0 Å². The fourth-order valence-corrected chi connectivity index (χ4v) is 2.36. The number of Topliss-reactive ketones (excluding diaryl/α,β-unsaturated/α-hetero) is 1. The van der Waals surface area contributed by atoms with Crippen LogP contribution in [0.3, 0.4) is 0 Å². The number of hydrogen-bond donors (Lipinski definition) is 0. The molecule has 0 N–H and O–H groups in total. The Morgan fingerprint density at radius 3 is 2.16 bits per heavy atom. The Kier molecular flexibility index (Phi) is 3.24. The van der Waals surface area contributed by atoms with Crippen molar-refractivity contribution < 1.29 is 9.53 Å². The summed E-state index contributed by atoms with van der Waals surface area (Å²) in [6, 6.07) is 4.23. The molecule has 2 nitrogen and oxygen atoms in total. The van der Waals surface area contributed by atoms with E-state index in [-0.39, 0.29) is 16.6 Å².